The van der Waals surface area contributed by atoms with Gasteiger partial charge in [0.15, 0.2) is 0 Å². The van der Waals surface area contributed by atoms with E-state index in [0.717, 1.165) is 30.8 Å². The molecule has 0 aliphatic rings. The molecule has 0 aliphatic heterocycles. The Balaban J connectivity index is 3.38. The molecule has 1 N–H and O–H groups in total. The van der Waals surface area contributed by atoms with Gasteiger partial charge < -0.3 is 9.84 Å². The Kier molecular flexibility index (Phi) is 11.0. The molecule has 0 saturated heterocycles. The van der Waals surface area contributed by atoms with Gasteiger partial charge in [-0.25, -0.2) is 0 Å². The summed E-state index contributed by atoms with van der Waals surface area (Å²) >= 11 is 0. The van der Waals surface area contributed by atoms with Gasteiger partial charge in [0.2, 0.25) is 0 Å². The second-order valence-electron chi connectivity index (χ2n) is 5.88. The topological polar surface area (TPSA) is 29.5 Å². The maximum atomic E-state index is 8.59. The van der Waals surface area contributed by atoms with Crippen molar-refractivity contribution in [2.75, 3.05) is 19.8 Å². The molecule has 0 aliphatic carbocycles. The van der Waals surface area contributed by atoms with Gasteiger partial charge in [-0.2, -0.15) is 0 Å². The fourth-order valence-electron chi connectivity index (χ4n) is 1.93. The van der Waals surface area contributed by atoms with Crippen molar-refractivity contribution in [3.05, 3.63) is 0 Å². The average Bonchev–Trinajstić information content (AvgIpc) is 2.29. The third kappa shape index (κ3) is 12.2. The summed E-state index contributed by atoms with van der Waals surface area (Å²) in [5.41, 5.74) is 0. The van der Waals surface area contributed by atoms with Crippen LogP contribution >= 0.6 is 0 Å². The van der Waals surface area contributed by atoms with Crippen LogP contribution in [-0.2, 0) is 4.74 Å². The molecule has 0 aromatic carbocycles. The van der Waals surface area contributed by atoms with Crippen molar-refractivity contribution in [1.82, 2.24) is 0 Å². The van der Waals surface area contributed by atoms with E-state index in [0.29, 0.717) is 6.61 Å². The summed E-state index contributed by atoms with van der Waals surface area (Å²) in [5.74, 6) is 2.44. The zero-order valence-corrected chi connectivity index (χ0v) is 12.2. The summed E-state index contributed by atoms with van der Waals surface area (Å²) in [5, 5.41) is 8.59. The van der Waals surface area contributed by atoms with Gasteiger partial charge in [-0.15, -0.1) is 0 Å². The number of aliphatic hydroxyl groups excluding tert-OH is 1. The predicted octanol–water partition coefficient (Wildman–Crippen LogP) is 3.87. The maximum Gasteiger partial charge on any atom is 0.0697 e. The Bertz CT molecular complexity index is 157. The molecule has 2 atom stereocenters. The van der Waals surface area contributed by atoms with E-state index in [4.69, 9.17) is 9.84 Å². The average molecular weight is 244 g/mol. The highest BCUT2D eigenvalue weighted by Crippen LogP contribution is 2.20. The quantitative estimate of drug-likeness (QED) is 0.559. The Morgan fingerprint density at radius 2 is 1.29 bits per heavy atom. The molecule has 2 unspecified atom stereocenters. The number of aliphatic hydroxyl groups is 1. The summed E-state index contributed by atoms with van der Waals surface area (Å²) in [4.78, 5) is 0. The van der Waals surface area contributed by atoms with Gasteiger partial charge in [-0.3, -0.25) is 0 Å². The molecule has 17 heavy (non-hydrogen) atoms. The number of ether oxygens (including phenoxy) is 1. The summed E-state index contributed by atoms with van der Waals surface area (Å²) < 4.78 is 5.29. The molecule has 0 spiro atoms. The van der Waals surface area contributed by atoms with Crippen LogP contribution in [0.2, 0.25) is 0 Å². The third-order valence-corrected chi connectivity index (χ3v) is 3.38. The highest BCUT2D eigenvalue weighted by atomic mass is 16.5. The summed E-state index contributed by atoms with van der Waals surface area (Å²) in [6, 6.07) is 0. The highest BCUT2D eigenvalue weighted by molar-refractivity contribution is 4.60. The first-order chi connectivity index (χ1) is 8.06. The number of hydrogen-bond donors (Lipinski definition) is 1. The molecule has 0 rings (SSSR count). The summed E-state index contributed by atoms with van der Waals surface area (Å²) in [7, 11) is 0. The first-order valence-corrected chi connectivity index (χ1v) is 7.24. The Morgan fingerprint density at radius 3 is 1.82 bits per heavy atom. The standard InChI is InChI=1S/C15H32O2/c1-13(2)5-6-14(3)7-8-15(4)9-11-17-12-10-16/h13-16H,5-12H2,1-4H3. The van der Waals surface area contributed by atoms with Crippen LogP contribution in [0.4, 0.5) is 0 Å². The normalized spacial score (nSPS) is 15.2. The van der Waals surface area contributed by atoms with Crippen molar-refractivity contribution in [3.63, 3.8) is 0 Å². The first kappa shape index (κ1) is 16.9. The fraction of sp³-hybridized carbons (Fsp3) is 1.00. The molecule has 0 bridgehead atoms. The van der Waals surface area contributed by atoms with Crippen LogP contribution in [0.1, 0.15) is 59.8 Å². The minimum absolute atomic E-state index is 0.140. The molecule has 0 amide bonds. The molecule has 0 aromatic heterocycles. The molecule has 0 fully saturated rings. The van der Waals surface area contributed by atoms with Crippen LogP contribution in [0.5, 0.6) is 0 Å². The number of rotatable bonds is 11. The van der Waals surface area contributed by atoms with Crippen LogP contribution in [0.15, 0.2) is 0 Å². The minimum Gasteiger partial charge on any atom is -0.394 e. The minimum atomic E-state index is 0.140. The van der Waals surface area contributed by atoms with Crippen LogP contribution in [0.25, 0.3) is 0 Å². The smallest absolute Gasteiger partial charge is 0.0697 e. The van der Waals surface area contributed by atoms with Crippen molar-refractivity contribution in [2.45, 2.75) is 59.8 Å². The molecule has 0 saturated carbocycles. The Hall–Kier alpha value is -0.0800. The van der Waals surface area contributed by atoms with Gasteiger partial charge in [0, 0.05) is 6.61 Å². The van der Waals surface area contributed by atoms with Crippen LogP contribution in [0.3, 0.4) is 0 Å². The second kappa shape index (κ2) is 11.0. The number of hydrogen-bond acceptors (Lipinski definition) is 2. The van der Waals surface area contributed by atoms with E-state index in [1.807, 2.05) is 0 Å². The molecular weight excluding hydrogens is 212 g/mol. The van der Waals surface area contributed by atoms with Crippen LogP contribution in [-0.4, -0.2) is 24.9 Å². The molecule has 0 radical (unpaired) electrons. The zero-order valence-electron chi connectivity index (χ0n) is 12.2. The van der Waals surface area contributed by atoms with Crippen molar-refractivity contribution in [2.24, 2.45) is 17.8 Å². The fourth-order valence-corrected chi connectivity index (χ4v) is 1.93. The van der Waals surface area contributed by atoms with Gasteiger partial charge in [0.05, 0.1) is 13.2 Å². The lowest BCUT2D eigenvalue weighted by Gasteiger charge is -2.16. The van der Waals surface area contributed by atoms with Crippen molar-refractivity contribution in [3.8, 4) is 0 Å². The van der Waals surface area contributed by atoms with Crippen molar-refractivity contribution in [1.29, 1.82) is 0 Å². The predicted molar refractivity (Wildman–Crippen MR) is 74.2 cm³/mol. The largest absolute Gasteiger partial charge is 0.394 e. The van der Waals surface area contributed by atoms with Crippen LogP contribution in [0, 0.1) is 17.8 Å². The van der Waals surface area contributed by atoms with Crippen LogP contribution < -0.4 is 0 Å². The van der Waals surface area contributed by atoms with Gasteiger partial charge in [-0.1, -0.05) is 53.4 Å². The van der Waals surface area contributed by atoms with Crippen molar-refractivity contribution < 1.29 is 9.84 Å². The maximum absolute atomic E-state index is 8.59. The Morgan fingerprint density at radius 1 is 0.765 bits per heavy atom. The first-order valence-electron chi connectivity index (χ1n) is 7.24. The van der Waals surface area contributed by atoms with E-state index in [-0.39, 0.29) is 6.61 Å². The SMILES string of the molecule is CC(C)CCC(C)CCC(C)CCOCCO. The summed E-state index contributed by atoms with van der Waals surface area (Å²) in [6.07, 6.45) is 6.49. The lowest BCUT2D eigenvalue weighted by atomic mass is 9.91. The molecular formula is C15H32O2. The van der Waals surface area contributed by atoms with Gasteiger partial charge >= 0.3 is 0 Å². The van der Waals surface area contributed by atoms with E-state index in [2.05, 4.69) is 27.7 Å². The molecule has 0 heterocycles. The van der Waals surface area contributed by atoms with E-state index < -0.39 is 0 Å². The second-order valence-corrected chi connectivity index (χ2v) is 5.88. The molecule has 2 nitrogen and oxygen atoms in total. The van der Waals surface area contributed by atoms with E-state index in [1.165, 1.54) is 25.7 Å². The Labute approximate surface area is 108 Å². The van der Waals surface area contributed by atoms with Gasteiger partial charge in [0.25, 0.3) is 0 Å². The van der Waals surface area contributed by atoms with Crippen molar-refractivity contribution >= 4 is 0 Å². The van der Waals surface area contributed by atoms with Gasteiger partial charge in [0.1, 0.15) is 0 Å². The highest BCUT2D eigenvalue weighted by Gasteiger charge is 2.07. The molecule has 0 aromatic rings. The molecule has 104 valence electrons. The monoisotopic (exact) mass is 244 g/mol. The zero-order chi connectivity index (χ0) is 13.1. The third-order valence-electron chi connectivity index (χ3n) is 3.38. The van der Waals surface area contributed by atoms with Gasteiger partial charge in [-0.05, 0) is 24.2 Å². The lowest BCUT2D eigenvalue weighted by molar-refractivity contribution is 0.0830. The van der Waals surface area contributed by atoms with E-state index in [1.54, 1.807) is 0 Å². The lowest BCUT2D eigenvalue weighted by Crippen LogP contribution is -2.07. The summed E-state index contributed by atoms with van der Waals surface area (Å²) in [6.45, 7) is 10.7. The molecule has 2 heteroatoms. The van der Waals surface area contributed by atoms with E-state index in [9.17, 15) is 0 Å². The van der Waals surface area contributed by atoms with E-state index >= 15 is 0 Å².